The Labute approximate surface area is 125 Å². The van der Waals surface area contributed by atoms with E-state index in [-0.39, 0.29) is 0 Å². The van der Waals surface area contributed by atoms with Gasteiger partial charge in [-0.05, 0) is 68.1 Å². The van der Waals surface area contributed by atoms with Crippen molar-refractivity contribution in [1.29, 1.82) is 0 Å². The van der Waals surface area contributed by atoms with Gasteiger partial charge < -0.3 is 5.32 Å². The van der Waals surface area contributed by atoms with Gasteiger partial charge in [0.2, 0.25) is 5.91 Å². The van der Waals surface area contributed by atoms with Gasteiger partial charge >= 0.3 is 0 Å². The molecule has 1 amide bonds. The molecule has 4 rings (SSSR count). The number of rotatable bonds is 5. The lowest BCUT2D eigenvalue weighted by molar-refractivity contribution is -0.129. The number of halogens is 1. The molecule has 0 aliphatic heterocycles. The zero-order chi connectivity index (χ0) is 13.5. The highest BCUT2D eigenvalue weighted by Gasteiger charge is 2.51. The van der Waals surface area contributed by atoms with Gasteiger partial charge in [0.15, 0.2) is 0 Å². The van der Waals surface area contributed by atoms with Crippen LogP contribution < -0.4 is 5.32 Å². The standard InChI is InChI=1S/C16H26BrNO/c1-2-14(17)10-18-15(19)9-16-6-11-3-12(7-16)5-13(4-11)8-16/h11-14H,2-10H2,1H3,(H,18,19). The van der Waals surface area contributed by atoms with Crippen LogP contribution >= 0.6 is 15.9 Å². The van der Waals surface area contributed by atoms with E-state index in [4.69, 9.17) is 0 Å². The fourth-order valence-electron chi connectivity index (χ4n) is 5.28. The smallest absolute Gasteiger partial charge is 0.220 e. The van der Waals surface area contributed by atoms with Crippen LogP contribution in [0.4, 0.5) is 0 Å². The summed E-state index contributed by atoms with van der Waals surface area (Å²) in [5, 5.41) is 3.12. The third kappa shape index (κ3) is 3.01. The first-order valence-corrected chi connectivity index (χ1v) is 8.91. The molecule has 0 aromatic rings. The number of alkyl halides is 1. The van der Waals surface area contributed by atoms with E-state index >= 15 is 0 Å². The van der Waals surface area contributed by atoms with Gasteiger partial charge in [-0.2, -0.15) is 0 Å². The molecule has 19 heavy (non-hydrogen) atoms. The van der Waals surface area contributed by atoms with Crippen LogP contribution in [-0.2, 0) is 4.79 Å². The molecule has 1 atom stereocenters. The number of hydrogen-bond acceptors (Lipinski definition) is 1. The van der Waals surface area contributed by atoms with E-state index in [0.29, 0.717) is 16.1 Å². The fraction of sp³-hybridized carbons (Fsp3) is 0.938. The first kappa shape index (κ1) is 13.9. The Hall–Kier alpha value is -0.0500. The van der Waals surface area contributed by atoms with Crippen molar-refractivity contribution in [3.63, 3.8) is 0 Å². The van der Waals surface area contributed by atoms with Crippen molar-refractivity contribution in [2.45, 2.75) is 63.1 Å². The van der Waals surface area contributed by atoms with E-state index in [2.05, 4.69) is 28.2 Å². The predicted octanol–water partition coefficient (Wildman–Crippen LogP) is 3.88. The summed E-state index contributed by atoms with van der Waals surface area (Å²) in [4.78, 5) is 12.6. The summed E-state index contributed by atoms with van der Waals surface area (Å²) in [6.07, 6.45) is 10.2. The second kappa shape index (κ2) is 5.38. The zero-order valence-electron chi connectivity index (χ0n) is 12.0. The molecule has 0 radical (unpaired) electrons. The molecule has 4 fully saturated rings. The second-order valence-electron chi connectivity index (χ2n) is 7.40. The summed E-state index contributed by atoms with van der Waals surface area (Å²) in [7, 11) is 0. The normalized spacial score (nSPS) is 41.3. The molecule has 0 saturated heterocycles. The Kier molecular flexibility index (Phi) is 3.94. The average Bonchev–Trinajstić information content (AvgIpc) is 2.33. The maximum Gasteiger partial charge on any atom is 0.220 e. The van der Waals surface area contributed by atoms with Crippen LogP contribution in [0.15, 0.2) is 0 Å². The first-order chi connectivity index (χ1) is 9.08. The summed E-state index contributed by atoms with van der Waals surface area (Å²) in [5.41, 5.74) is 0.382. The van der Waals surface area contributed by atoms with Gasteiger partial charge in [0, 0.05) is 17.8 Å². The molecule has 0 aromatic carbocycles. The third-order valence-corrected chi connectivity index (χ3v) is 6.64. The molecule has 1 unspecified atom stereocenters. The molecule has 0 aromatic heterocycles. The quantitative estimate of drug-likeness (QED) is 0.763. The fourth-order valence-corrected chi connectivity index (χ4v) is 5.44. The molecule has 4 aliphatic carbocycles. The van der Waals surface area contributed by atoms with E-state index < -0.39 is 0 Å². The Bertz CT molecular complexity index is 319. The Morgan fingerprint density at radius 1 is 1.21 bits per heavy atom. The topological polar surface area (TPSA) is 29.1 Å². The lowest BCUT2D eigenvalue weighted by Gasteiger charge is -2.56. The largest absolute Gasteiger partial charge is 0.355 e. The number of carbonyl (C=O) groups is 1. The monoisotopic (exact) mass is 327 g/mol. The minimum atomic E-state index is 0.292. The highest BCUT2D eigenvalue weighted by Crippen LogP contribution is 2.61. The zero-order valence-corrected chi connectivity index (χ0v) is 13.5. The van der Waals surface area contributed by atoms with Gasteiger partial charge in [-0.1, -0.05) is 22.9 Å². The van der Waals surface area contributed by atoms with E-state index in [0.717, 1.165) is 37.1 Å². The predicted molar refractivity (Wildman–Crippen MR) is 81.2 cm³/mol. The van der Waals surface area contributed by atoms with Crippen molar-refractivity contribution in [1.82, 2.24) is 5.32 Å². The molecule has 3 heteroatoms. The molecule has 4 bridgehead atoms. The van der Waals surface area contributed by atoms with Crippen molar-refractivity contribution < 1.29 is 4.79 Å². The van der Waals surface area contributed by atoms with Crippen molar-refractivity contribution in [3.05, 3.63) is 0 Å². The average molecular weight is 328 g/mol. The lowest BCUT2D eigenvalue weighted by Crippen LogP contribution is -2.48. The molecular weight excluding hydrogens is 302 g/mol. The third-order valence-electron chi connectivity index (χ3n) is 5.66. The van der Waals surface area contributed by atoms with Crippen molar-refractivity contribution in [2.24, 2.45) is 23.2 Å². The maximum atomic E-state index is 12.2. The van der Waals surface area contributed by atoms with Gasteiger partial charge in [0.05, 0.1) is 0 Å². The molecule has 4 aliphatic rings. The summed E-state index contributed by atoms with van der Waals surface area (Å²) in [6, 6.07) is 0. The minimum absolute atomic E-state index is 0.292. The van der Waals surface area contributed by atoms with Gasteiger partial charge in [0.1, 0.15) is 0 Å². The molecular formula is C16H26BrNO. The van der Waals surface area contributed by atoms with Gasteiger partial charge in [-0.15, -0.1) is 0 Å². The highest BCUT2D eigenvalue weighted by atomic mass is 79.9. The summed E-state index contributed by atoms with van der Waals surface area (Å²) in [5.74, 6) is 3.12. The SMILES string of the molecule is CCC(Br)CNC(=O)CC12CC3CC(CC(C3)C1)C2. The molecule has 2 nitrogen and oxygen atoms in total. The van der Waals surface area contributed by atoms with Gasteiger partial charge in [-0.25, -0.2) is 0 Å². The molecule has 0 spiro atoms. The van der Waals surface area contributed by atoms with Crippen LogP contribution in [0.5, 0.6) is 0 Å². The van der Waals surface area contributed by atoms with Gasteiger partial charge in [-0.3, -0.25) is 4.79 Å². The summed E-state index contributed by atoms with van der Waals surface area (Å²) in [6.45, 7) is 2.92. The van der Waals surface area contributed by atoms with Crippen LogP contribution in [0.25, 0.3) is 0 Å². The van der Waals surface area contributed by atoms with E-state index in [1.165, 1.54) is 38.5 Å². The van der Waals surface area contributed by atoms with E-state index in [1.807, 2.05) is 0 Å². The van der Waals surface area contributed by atoms with Crippen LogP contribution in [0.1, 0.15) is 58.3 Å². The van der Waals surface area contributed by atoms with Crippen molar-refractivity contribution in [3.8, 4) is 0 Å². The van der Waals surface area contributed by atoms with Crippen LogP contribution in [0.3, 0.4) is 0 Å². The van der Waals surface area contributed by atoms with Crippen molar-refractivity contribution >= 4 is 21.8 Å². The number of hydrogen-bond donors (Lipinski definition) is 1. The molecule has 0 heterocycles. The Balaban J connectivity index is 1.56. The van der Waals surface area contributed by atoms with Crippen molar-refractivity contribution in [2.75, 3.05) is 6.54 Å². The maximum absolute atomic E-state index is 12.2. The van der Waals surface area contributed by atoms with Crippen LogP contribution in [0.2, 0.25) is 0 Å². The highest BCUT2D eigenvalue weighted by molar-refractivity contribution is 9.09. The van der Waals surface area contributed by atoms with E-state index in [1.54, 1.807) is 0 Å². The summed E-state index contributed by atoms with van der Waals surface area (Å²) < 4.78 is 0. The summed E-state index contributed by atoms with van der Waals surface area (Å²) >= 11 is 3.58. The molecule has 108 valence electrons. The van der Waals surface area contributed by atoms with Crippen LogP contribution in [-0.4, -0.2) is 17.3 Å². The number of carbonyl (C=O) groups excluding carboxylic acids is 1. The lowest BCUT2D eigenvalue weighted by atomic mass is 9.49. The molecule has 4 saturated carbocycles. The first-order valence-electron chi connectivity index (χ1n) is 7.99. The van der Waals surface area contributed by atoms with E-state index in [9.17, 15) is 4.79 Å². The number of amides is 1. The Morgan fingerprint density at radius 3 is 2.21 bits per heavy atom. The Morgan fingerprint density at radius 2 is 1.74 bits per heavy atom. The van der Waals surface area contributed by atoms with Crippen LogP contribution in [0, 0.1) is 23.2 Å². The van der Waals surface area contributed by atoms with Gasteiger partial charge in [0.25, 0.3) is 0 Å². The minimum Gasteiger partial charge on any atom is -0.355 e. The molecule has 1 N–H and O–H groups in total. The second-order valence-corrected chi connectivity index (χ2v) is 8.70. The number of nitrogens with one attached hydrogen (secondary N) is 1.